The zero-order valence-electron chi connectivity index (χ0n) is 12.1. The molecule has 0 aliphatic heterocycles. The second kappa shape index (κ2) is 5.93. The maximum Gasteiger partial charge on any atom is 0.151 e. The van der Waals surface area contributed by atoms with Crippen molar-refractivity contribution in [1.29, 1.82) is 0 Å². The summed E-state index contributed by atoms with van der Waals surface area (Å²) in [7, 11) is 2.06. The molecule has 0 spiro atoms. The van der Waals surface area contributed by atoms with Crippen LogP contribution in [0.1, 0.15) is 11.3 Å². The van der Waals surface area contributed by atoms with Gasteiger partial charge in [0.2, 0.25) is 0 Å². The van der Waals surface area contributed by atoms with Crippen LogP contribution in [0.2, 0.25) is 0 Å². The molecule has 3 heterocycles. The van der Waals surface area contributed by atoms with E-state index in [1.807, 2.05) is 48.9 Å². The molecule has 0 saturated carbocycles. The van der Waals surface area contributed by atoms with Crippen molar-refractivity contribution in [3.05, 3.63) is 60.2 Å². The van der Waals surface area contributed by atoms with Crippen molar-refractivity contribution in [3.63, 3.8) is 0 Å². The summed E-state index contributed by atoms with van der Waals surface area (Å²) >= 11 is 0. The number of hydrogen-bond acceptors (Lipinski definition) is 4. The number of fused-ring (bicyclic) bond motifs is 1. The number of rotatable bonds is 5. The summed E-state index contributed by atoms with van der Waals surface area (Å²) in [6, 6.07) is 10.1. The monoisotopic (exact) mass is 281 g/mol. The van der Waals surface area contributed by atoms with E-state index in [0.29, 0.717) is 6.54 Å². The normalized spacial score (nSPS) is 11.0. The van der Waals surface area contributed by atoms with Crippen LogP contribution in [0, 0.1) is 0 Å². The molecule has 3 aromatic heterocycles. The fourth-order valence-electron chi connectivity index (χ4n) is 2.55. The van der Waals surface area contributed by atoms with Crippen LogP contribution >= 0.6 is 0 Å². The summed E-state index contributed by atoms with van der Waals surface area (Å²) in [6.07, 6.45) is 6.47. The van der Waals surface area contributed by atoms with E-state index >= 15 is 0 Å². The predicted molar refractivity (Wildman–Crippen MR) is 84.3 cm³/mol. The Kier molecular flexibility index (Phi) is 3.83. The van der Waals surface area contributed by atoms with Crippen LogP contribution in [0.5, 0.6) is 0 Å². The lowest BCUT2D eigenvalue weighted by atomic mass is 10.2. The first-order chi connectivity index (χ1) is 10.3. The van der Waals surface area contributed by atoms with Gasteiger partial charge in [-0.1, -0.05) is 6.07 Å². The molecule has 3 rings (SSSR count). The van der Waals surface area contributed by atoms with Gasteiger partial charge in [-0.2, -0.15) is 0 Å². The highest BCUT2D eigenvalue weighted by atomic mass is 15.2. The quantitative estimate of drug-likeness (QED) is 0.775. The maximum absolute atomic E-state index is 5.76. The van der Waals surface area contributed by atoms with E-state index < -0.39 is 0 Å². The Balaban J connectivity index is 1.96. The van der Waals surface area contributed by atoms with Crippen molar-refractivity contribution in [3.8, 4) is 0 Å². The molecule has 5 heteroatoms. The number of anilines is 1. The average Bonchev–Trinajstić information content (AvgIpc) is 2.88. The molecular formula is C16H19N5. The van der Waals surface area contributed by atoms with Gasteiger partial charge in [-0.15, -0.1) is 0 Å². The molecule has 0 saturated heterocycles. The first kappa shape index (κ1) is 13.6. The summed E-state index contributed by atoms with van der Waals surface area (Å²) in [5.74, 6) is 0.989. The van der Waals surface area contributed by atoms with Crippen LogP contribution in [-0.2, 0) is 13.0 Å². The molecule has 3 aromatic rings. The molecular weight excluding hydrogens is 262 g/mol. The minimum atomic E-state index is 0.610. The Morgan fingerprint density at radius 3 is 2.76 bits per heavy atom. The summed E-state index contributed by atoms with van der Waals surface area (Å²) in [5, 5.41) is 0. The van der Waals surface area contributed by atoms with E-state index in [9.17, 15) is 0 Å². The Bertz CT molecular complexity index is 720. The van der Waals surface area contributed by atoms with E-state index in [4.69, 9.17) is 10.7 Å². The first-order valence-electron chi connectivity index (χ1n) is 7.05. The molecule has 0 amide bonds. The van der Waals surface area contributed by atoms with Gasteiger partial charge in [-0.3, -0.25) is 4.98 Å². The average molecular weight is 281 g/mol. The fraction of sp³-hybridized carbons (Fsp3) is 0.250. The molecule has 0 unspecified atom stereocenters. The number of nitrogens with zero attached hydrogens (tertiary/aromatic N) is 4. The van der Waals surface area contributed by atoms with Crippen LogP contribution in [0.4, 0.5) is 5.82 Å². The Morgan fingerprint density at radius 1 is 1.19 bits per heavy atom. The third-order valence-corrected chi connectivity index (χ3v) is 3.52. The molecule has 0 bridgehead atoms. The highest BCUT2D eigenvalue weighted by molar-refractivity contribution is 5.56. The highest BCUT2D eigenvalue weighted by Gasteiger charge is 2.15. The zero-order chi connectivity index (χ0) is 14.7. The van der Waals surface area contributed by atoms with Crippen LogP contribution in [0.3, 0.4) is 0 Å². The highest BCUT2D eigenvalue weighted by Crippen LogP contribution is 2.22. The second-order valence-corrected chi connectivity index (χ2v) is 5.06. The summed E-state index contributed by atoms with van der Waals surface area (Å²) in [6.45, 7) is 1.41. The third kappa shape index (κ3) is 2.73. The van der Waals surface area contributed by atoms with Crippen molar-refractivity contribution in [2.45, 2.75) is 13.0 Å². The van der Waals surface area contributed by atoms with Crippen LogP contribution in [0.15, 0.2) is 48.9 Å². The smallest absolute Gasteiger partial charge is 0.151 e. The second-order valence-electron chi connectivity index (χ2n) is 5.06. The van der Waals surface area contributed by atoms with Gasteiger partial charge in [-0.05, 0) is 36.4 Å². The lowest BCUT2D eigenvalue weighted by molar-refractivity contribution is 0.856. The topological polar surface area (TPSA) is 59.5 Å². The van der Waals surface area contributed by atoms with Crippen molar-refractivity contribution < 1.29 is 0 Å². The van der Waals surface area contributed by atoms with Gasteiger partial charge in [0.25, 0.3) is 0 Å². The van der Waals surface area contributed by atoms with Gasteiger partial charge in [0.15, 0.2) is 5.82 Å². The van der Waals surface area contributed by atoms with E-state index in [-0.39, 0.29) is 0 Å². The van der Waals surface area contributed by atoms with Gasteiger partial charge >= 0.3 is 0 Å². The van der Waals surface area contributed by atoms with Gasteiger partial charge in [0.05, 0.1) is 5.69 Å². The molecule has 0 aromatic carbocycles. The van der Waals surface area contributed by atoms with Gasteiger partial charge in [0, 0.05) is 38.6 Å². The van der Waals surface area contributed by atoms with Crippen molar-refractivity contribution in [2.24, 2.45) is 5.73 Å². The number of imidazole rings is 1. The Hall–Kier alpha value is -2.40. The standard InChI is InChI=1S/C16H19N5/c1-20(12-13-6-9-18-10-7-13)16-14(5-8-17)21-11-3-2-4-15(21)19-16/h2-4,6-7,9-11H,5,8,12,17H2,1H3. The lowest BCUT2D eigenvalue weighted by Gasteiger charge is -2.18. The molecule has 0 fully saturated rings. The van der Waals surface area contributed by atoms with Gasteiger partial charge in [-0.25, -0.2) is 4.98 Å². The van der Waals surface area contributed by atoms with Crippen LogP contribution in [-0.4, -0.2) is 28.0 Å². The molecule has 21 heavy (non-hydrogen) atoms. The van der Waals surface area contributed by atoms with Crippen LogP contribution in [0.25, 0.3) is 5.65 Å². The number of hydrogen-bond donors (Lipinski definition) is 1. The first-order valence-corrected chi connectivity index (χ1v) is 7.05. The fourth-order valence-corrected chi connectivity index (χ4v) is 2.55. The van der Waals surface area contributed by atoms with Crippen LogP contribution < -0.4 is 10.6 Å². The SMILES string of the molecule is CN(Cc1ccncc1)c1nc2ccccn2c1CCN. The molecule has 2 N–H and O–H groups in total. The van der Waals surface area contributed by atoms with E-state index in [0.717, 1.165) is 30.1 Å². The molecule has 108 valence electrons. The summed E-state index contributed by atoms with van der Waals surface area (Å²) in [5.41, 5.74) is 9.09. The lowest BCUT2D eigenvalue weighted by Crippen LogP contribution is -2.19. The van der Waals surface area contributed by atoms with E-state index in [1.54, 1.807) is 0 Å². The zero-order valence-corrected chi connectivity index (χ0v) is 12.1. The number of pyridine rings is 2. The minimum Gasteiger partial charge on any atom is -0.354 e. The Morgan fingerprint density at radius 2 is 2.00 bits per heavy atom. The van der Waals surface area contributed by atoms with Gasteiger partial charge < -0.3 is 15.0 Å². The predicted octanol–water partition coefficient (Wildman–Crippen LogP) is 1.87. The molecule has 0 radical (unpaired) electrons. The number of nitrogens with two attached hydrogens (primary N) is 1. The minimum absolute atomic E-state index is 0.610. The molecule has 0 aliphatic rings. The van der Waals surface area contributed by atoms with Crippen molar-refractivity contribution in [2.75, 3.05) is 18.5 Å². The summed E-state index contributed by atoms with van der Waals surface area (Å²) in [4.78, 5) is 11.0. The maximum atomic E-state index is 5.76. The van der Waals surface area contributed by atoms with Gasteiger partial charge in [0.1, 0.15) is 5.65 Å². The molecule has 0 aliphatic carbocycles. The Labute approximate surface area is 124 Å². The van der Waals surface area contributed by atoms with Crippen molar-refractivity contribution >= 4 is 11.5 Å². The van der Waals surface area contributed by atoms with E-state index in [2.05, 4.69) is 21.3 Å². The molecule has 5 nitrogen and oxygen atoms in total. The van der Waals surface area contributed by atoms with E-state index in [1.165, 1.54) is 5.56 Å². The summed E-state index contributed by atoms with van der Waals surface area (Å²) < 4.78 is 2.12. The third-order valence-electron chi connectivity index (χ3n) is 3.52. The largest absolute Gasteiger partial charge is 0.354 e. The van der Waals surface area contributed by atoms with Crippen molar-refractivity contribution in [1.82, 2.24) is 14.4 Å². The molecule has 0 atom stereocenters. The number of aromatic nitrogens is 3.